The lowest BCUT2D eigenvalue weighted by Crippen LogP contribution is -2.00. The van der Waals surface area contributed by atoms with Gasteiger partial charge in [0.25, 0.3) is 0 Å². The average molecular weight is 297 g/mol. The molecule has 0 unspecified atom stereocenters. The fraction of sp³-hybridized carbons (Fsp3) is 0. The number of carboxylic acid groups (broad SMARTS) is 1. The van der Waals surface area contributed by atoms with Crippen molar-refractivity contribution < 1.29 is 9.90 Å². The van der Waals surface area contributed by atoms with Crippen molar-refractivity contribution in [1.82, 2.24) is 9.97 Å². The topological polar surface area (TPSA) is 66.0 Å². The van der Waals surface area contributed by atoms with Crippen LogP contribution in [0, 0.1) is 0 Å². The van der Waals surface area contributed by atoms with Crippen LogP contribution in [0.25, 0.3) is 32.8 Å². The van der Waals surface area contributed by atoms with E-state index in [4.69, 9.17) is 11.6 Å². The van der Waals surface area contributed by atoms with Crippen molar-refractivity contribution in [2.45, 2.75) is 0 Å². The highest BCUT2D eigenvalue weighted by Crippen LogP contribution is 2.33. The van der Waals surface area contributed by atoms with Crippen LogP contribution in [0.3, 0.4) is 0 Å². The van der Waals surface area contributed by atoms with Gasteiger partial charge in [-0.25, -0.2) is 9.78 Å². The molecule has 4 nitrogen and oxygen atoms in total. The van der Waals surface area contributed by atoms with Gasteiger partial charge < -0.3 is 10.1 Å². The van der Waals surface area contributed by atoms with Crippen LogP contribution >= 0.6 is 11.6 Å². The number of fused-ring (bicyclic) bond motifs is 4. The van der Waals surface area contributed by atoms with E-state index >= 15 is 0 Å². The molecule has 2 aromatic carbocycles. The van der Waals surface area contributed by atoms with Crippen LogP contribution in [-0.2, 0) is 0 Å². The number of H-pyrrole nitrogens is 1. The van der Waals surface area contributed by atoms with Crippen molar-refractivity contribution in [2.75, 3.05) is 0 Å². The molecule has 0 radical (unpaired) electrons. The molecule has 0 aliphatic heterocycles. The van der Waals surface area contributed by atoms with Crippen LogP contribution in [-0.4, -0.2) is 21.0 Å². The Balaban J connectivity index is 2.36. The largest absolute Gasteiger partial charge is 0.478 e. The van der Waals surface area contributed by atoms with Crippen molar-refractivity contribution in [3.8, 4) is 0 Å². The Bertz CT molecular complexity index is 1040. The third-order valence-corrected chi connectivity index (χ3v) is 3.93. The summed E-state index contributed by atoms with van der Waals surface area (Å²) in [5.41, 5.74) is 2.72. The van der Waals surface area contributed by atoms with Crippen molar-refractivity contribution in [3.63, 3.8) is 0 Å². The van der Waals surface area contributed by atoms with Gasteiger partial charge in [0, 0.05) is 16.3 Å². The number of carboxylic acids is 1. The predicted octanol–water partition coefficient (Wildman–Crippen LogP) is 4.22. The molecule has 0 saturated carbocycles. The molecule has 21 heavy (non-hydrogen) atoms. The molecule has 0 atom stereocenters. The lowest BCUT2D eigenvalue weighted by Gasteiger charge is -2.05. The third-order valence-electron chi connectivity index (χ3n) is 3.62. The molecule has 0 saturated heterocycles. The number of carbonyl (C=O) groups is 1. The molecule has 2 heterocycles. The third kappa shape index (κ3) is 1.63. The maximum Gasteiger partial charge on any atom is 0.338 e. The molecule has 2 N–H and O–H groups in total. The Labute approximate surface area is 124 Å². The minimum atomic E-state index is -0.999. The number of aromatic nitrogens is 2. The Hall–Kier alpha value is -2.59. The van der Waals surface area contributed by atoms with Gasteiger partial charge in [0.1, 0.15) is 0 Å². The van der Waals surface area contributed by atoms with Crippen LogP contribution in [0.15, 0.2) is 42.5 Å². The number of benzene rings is 2. The number of aromatic amines is 1. The molecule has 4 rings (SSSR count). The number of nitrogens with zero attached hydrogens (tertiary/aromatic N) is 1. The van der Waals surface area contributed by atoms with Gasteiger partial charge >= 0.3 is 5.97 Å². The SMILES string of the molecule is O=C(O)c1c2cccc(Cl)c2nc2c1[nH]c1ccccc12. The van der Waals surface area contributed by atoms with Gasteiger partial charge in [0.2, 0.25) is 0 Å². The monoisotopic (exact) mass is 296 g/mol. The molecule has 2 aromatic heterocycles. The minimum Gasteiger partial charge on any atom is -0.478 e. The van der Waals surface area contributed by atoms with Crippen LogP contribution in [0.5, 0.6) is 0 Å². The number of hydrogen-bond donors (Lipinski definition) is 2. The van der Waals surface area contributed by atoms with Crippen LogP contribution < -0.4 is 0 Å². The average Bonchev–Trinajstić information content (AvgIpc) is 2.83. The van der Waals surface area contributed by atoms with Gasteiger partial charge in [-0.15, -0.1) is 0 Å². The van der Waals surface area contributed by atoms with Crippen molar-refractivity contribution in [2.24, 2.45) is 0 Å². The minimum absolute atomic E-state index is 0.203. The van der Waals surface area contributed by atoms with Gasteiger partial charge in [-0.05, 0) is 12.1 Å². The molecule has 5 heteroatoms. The Morgan fingerprint density at radius 3 is 2.62 bits per heavy atom. The maximum absolute atomic E-state index is 11.7. The van der Waals surface area contributed by atoms with Gasteiger partial charge in [0.15, 0.2) is 0 Å². The first kappa shape index (κ1) is 12.2. The van der Waals surface area contributed by atoms with Gasteiger partial charge in [-0.2, -0.15) is 0 Å². The zero-order valence-corrected chi connectivity index (χ0v) is 11.5. The van der Waals surface area contributed by atoms with E-state index in [1.807, 2.05) is 24.3 Å². The van der Waals surface area contributed by atoms with Crippen molar-refractivity contribution in [3.05, 3.63) is 53.1 Å². The molecule has 0 spiro atoms. The van der Waals surface area contributed by atoms with Crippen LogP contribution in [0.1, 0.15) is 10.4 Å². The summed E-state index contributed by atoms with van der Waals surface area (Å²) in [5.74, 6) is -0.999. The van der Waals surface area contributed by atoms with E-state index in [9.17, 15) is 9.90 Å². The number of hydrogen-bond acceptors (Lipinski definition) is 2. The van der Waals surface area contributed by atoms with Gasteiger partial charge in [-0.1, -0.05) is 41.9 Å². The predicted molar refractivity (Wildman–Crippen MR) is 83.1 cm³/mol. The molecule has 0 aliphatic rings. The molecule has 4 aromatic rings. The summed E-state index contributed by atoms with van der Waals surface area (Å²) in [7, 11) is 0. The van der Waals surface area contributed by atoms with E-state index < -0.39 is 5.97 Å². The summed E-state index contributed by atoms with van der Waals surface area (Å²) in [6.45, 7) is 0. The number of aromatic carboxylic acids is 1. The van der Waals surface area contributed by atoms with Crippen molar-refractivity contribution in [1.29, 1.82) is 0 Å². The van der Waals surface area contributed by atoms with E-state index in [1.54, 1.807) is 18.2 Å². The normalized spacial score (nSPS) is 11.5. The summed E-state index contributed by atoms with van der Waals surface area (Å²) in [6, 6.07) is 12.8. The number of para-hydroxylation sites is 2. The second kappa shape index (κ2) is 4.20. The van der Waals surface area contributed by atoms with Crippen LogP contribution in [0.4, 0.5) is 0 Å². The number of nitrogens with one attached hydrogen (secondary N) is 1. The second-order valence-corrected chi connectivity index (χ2v) is 5.23. The van der Waals surface area contributed by atoms with Gasteiger partial charge in [0.05, 0.1) is 27.1 Å². The molecule has 0 amide bonds. The molecule has 0 bridgehead atoms. The quantitative estimate of drug-likeness (QED) is 0.552. The molecular weight excluding hydrogens is 288 g/mol. The highest BCUT2D eigenvalue weighted by molar-refractivity contribution is 6.36. The van der Waals surface area contributed by atoms with Crippen LogP contribution in [0.2, 0.25) is 5.02 Å². The smallest absolute Gasteiger partial charge is 0.338 e. The molecular formula is C16H9ClN2O2. The summed E-state index contributed by atoms with van der Waals surface area (Å²) < 4.78 is 0. The first-order chi connectivity index (χ1) is 10.2. The van der Waals surface area contributed by atoms with E-state index in [0.29, 0.717) is 27.0 Å². The number of rotatable bonds is 1. The zero-order chi connectivity index (χ0) is 14.6. The van der Waals surface area contributed by atoms with E-state index in [2.05, 4.69) is 9.97 Å². The lowest BCUT2D eigenvalue weighted by atomic mass is 10.1. The Kier molecular flexibility index (Phi) is 2.43. The van der Waals surface area contributed by atoms with Crippen molar-refractivity contribution >= 4 is 50.4 Å². The lowest BCUT2D eigenvalue weighted by molar-refractivity contribution is 0.0701. The standard InChI is InChI=1S/C16H9ClN2O2/c17-10-6-3-5-9-12(16(20)21)15-14(19-13(9)10)8-4-1-2-7-11(8)18-15/h1-7,18H,(H,20,21). The highest BCUT2D eigenvalue weighted by Gasteiger charge is 2.19. The molecule has 0 fully saturated rings. The number of pyridine rings is 1. The molecule has 0 aliphatic carbocycles. The second-order valence-electron chi connectivity index (χ2n) is 4.82. The zero-order valence-electron chi connectivity index (χ0n) is 10.7. The van der Waals surface area contributed by atoms with Gasteiger partial charge in [-0.3, -0.25) is 0 Å². The Morgan fingerprint density at radius 1 is 1.05 bits per heavy atom. The summed E-state index contributed by atoms with van der Waals surface area (Å²) in [5, 5.41) is 11.5. The number of halogens is 1. The maximum atomic E-state index is 11.7. The van der Waals surface area contributed by atoms with E-state index in [1.165, 1.54) is 0 Å². The first-order valence-electron chi connectivity index (χ1n) is 6.39. The summed E-state index contributed by atoms with van der Waals surface area (Å²) in [6.07, 6.45) is 0. The summed E-state index contributed by atoms with van der Waals surface area (Å²) >= 11 is 6.19. The first-order valence-corrected chi connectivity index (χ1v) is 6.76. The highest BCUT2D eigenvalue weighted by atomic mass is 35.5. The Morgan fingerprint density at radius 2 is 1.81 bits per heavy atom. The fourth-order valence-corrected chi connectivity index (χ4v) is 2.94. The van der Waals surface area contributed by atoms with E-state index in [0.717, 1.165) is 10.9 Å². The molecule has 102 valence electrons. The summed E-state index contributed by atoms with van der Waals surface area (Å²) in [4.78, 5) is 19.5. The van der Waals surface area contributed by atoms with E-state index in [-0.39, 0.29) is 5.56 Å². The fourth-order valence-electron chi connectivity index (χ4n) is 2.72.